The standard InChI is InChI=1S/C5H5N3O3S/c9-4(10)2-6-5(11)3-1-7-12-8-3/h1H,2H2,(H,6,11)(H,9,10). The maximum absolute atomic E-state index is 10.9. The minimum Gasteiger partial charge on any atom is -0.480 e. The van der Waals surface area contributed by atoms with Gasteiger partial charge in [-0.2, -0.15) is 8.75 Å². The van der Waals surface area contributed by atoms with Crippen LogP contribution in [0.4, 0.5) is 0 Å². The fourth-order valence-electron chi connectivity index (χ4n) is 0.511. The van der Waals surface area contributed by atoms with Gasteiger partial charge in [0.1, 0.15) is 6.54 Å². The van der Waals surface area contributed by atoms with Crippen molar-refractivity contribution in [3.8, 4) is 0 Å². The van der Waals surface area contributed by atoms with Crippen LogP contribution in [0.5, 0.6) is 0 Å². The van der Waals surface area contributed by atoms with Crippen LogP contribution >= 0.6 is 11.7 Å². The Labute approximate surface area is 71.6 Å². The highest BCUT2D eigenvalue weighted by Crippen LogP contribution is 1.93. The van der Waals surface area contributed by atoms with Crippen molar-refractivity contribution in [2.45, 2.75) is 0 Å². The van der Waals surface area contributed by atoms with E-state index in [1.54, 1.807) is 0 Å². The molecule has 0 bridgehead atoms. The summed E-state index contributed by atoms with van der Waals surface area (Å²) >= 11 is 0.894. The third-order valence-electron chi connectivity index (χ3n) is 0.994. The van der Waals surface area contributed by atoms with Crippen LogP contribution in [0.2, 0.25) is 0 Å². The van der Waals surface area contributed by atoms with Crippen molar-refractivity contribution in [3.63, 3.8) is 0 Å². The van der Waals surface area contributed by atoms with Crippen LogP contribution in [-0.2, 0) is 4.79 Å². The number of amides is 1. The zero-order chi connectivity index (χ0) is 8.97. The summed E-state index contributed by atoms with van der Waals surface area (Å²) in [5, 5.41) is 10.4. The van der Waals surface area contributed by atoms with E-state index < -0.39 is 18.4 Å². The molecule has 0 saturated carbocycles. The van der Waals surface area contributed by atoms with Crippen LogP contribution in [0.25, 0.3) is 0 Å². The van der Waals surface area contributed by atoms with Gasteiger partial charge in [-0.25, -0.2) is 0 Å². The van der Waals surface area contributed by atoms with Gasteiger partial charge in [-0.1, -0.05) is 0 Å². The van der Waals surface area contributed by atoms with Gasteiger partial charge in [0.25, 0.3) is 5.91 Å². The molecular formula is C5H5N3O3S. The van der Waals surface area contributed by atoms with Gasteiger partial charge in [0.2, 0.25) is 0 Å². The fourth-order valence-corrected chi connectivity index (χ4v) is 0.923. The molecule has 0 aliphatic rings. The number of hydrogen-bond acceptors (Lipinski definition) is 5. The Hall–Kier alpha value is -1.50. The monoisotopic (exact) mass is 187 g/mol. The van der Waals surface area contributed by atoms with Crippen LogP contribution in [0, 0.1) is 0 Å². The van der Waals surface area contributed by atoms with Gasteiger partial charge in [-0.3, -0.25) is 9.59 Å². The second kappa shape index (κ2) is 3.77. The Morgan fingerprint density at radius 3 is 2.92 bits per heavy atom. The van der Waals surface area contributed by atoms with Crippen LogP contribution in [0.1, 0.15) is 10.5 Å². The SMILES string of the molecule is O=C(O)CNC(=O)c1cnsn1. The number of hydrogen-bond donors (Lipinski definition) is 2. The number of nitrogens with one attached hydrogen (secondary N) is 1. The number of aromatic nitrogens is 2. The number of nitrogens with zero attached hydrogens (tertiary/aromatic N) is 2. The van der Waals surface area contributed by atoms with E-state index >= 15 is 0 Å². The highest BCUT2D eigenvalue weighted by atomic mass is 32.1. The molecule has 0 aromatic carbocycles. The third-order valence-corrected chi connectivity index (χ3v) is 1.47. The lowest BCUT2D eigenvalue weighted by atomic mass is 10.4. The third kappa shape index (κ3) is 2.27. The second-order valence-corrected chi connectivity index (χ2v) is 2.43. The molecule has 6 nitrogen and oxygen atoms in total. The van der Waals surface area contributed by atoms with Crippen molar-refractivity contribution in [1.29, 1.82) is 0 Å². The zero-order valence-electron chi connectivity index (χ0n) is 5.85. The summed E-state index contributed by atoms with van der Waals surface area (Å²) in [5.74, 6) is -1.61. The van der Waals surface area contributed by atoms with E-state index in [1.165, 1.54) is 6.20 Å². The summed E-state index contributed by atoms with van der Waals surface area (Å²) in [6, 6.07) is 0. The summed E-state index contributed by atoms with van der Waals surface area (Å²) in [5.41, 5.74) is 0.140. The molecule has 0 saturated heterocycles. The molecule has 0 aliphatic carbocycles. The van der Waals surface area contributed by atoms with Gasteiger partial charge in [0.15, 0.2) is 5.69 Å². The largest absolute Gasteiger partial charge is 0.480 e. The second-order valence-electron chi connectivity index (χ2n) is 1.87. The molecule has 64 valence electrons. The molecule has 1 heterocycles. The Morgan fingerprint density at radius 1 is 1.67 bits per heavy atom. The van der Waals surface area contributed by atoms with Crippen molar-refractivity contribution in [3.05, 3.63) is 11.9 Å². The van der Waals surface area contributed by atoms with Crippen LogP contribution in [0.3, 0.4) is 0 Å². The molecule has 0 atom stereocenters. The van der Waals surface area contributed by atoms with Crippen molar-refractivity contribution >= 4 is 23.6 Å². The first-order valence-corrected chi connectivity index (χ1v) is 3.70. The predicted molar refractivity (Wildman–Crippen MR) is 39.9 cm³/mol. The lowest BCUT2D eigenvalue weighted by Crippen LogP contribution is -2.29. The molecule has 7 heteroatoms. The molecule has 1 aromatic rings. The molecule has 12 heavy (non-hydrogen) atoms. The lowest BCUT2D eigenvalue weighted by molar-refractivity contribution is -0.135. The van der Waals surface area contributed by atoms with Crippen molar-refractivity contribution in [2.24, 2.45) is 0 Å². The smallest absolute Gasteiger partial charge is 0.322 e. The van der Waals surface area contributed by atoms with Gasteiger partial charge < -0.3 is 10.4 Å². The Kier molecular flexibility index (Phi) is 2.70. The first-order valence-electron chi connectivity index (χ1n) is 2.97. The topological polar surface area (TPSA) is 92.2 Å². The van der Waals surface area contributed by atoms with Gasteiger partial charge in [-0.05, 0) is 0 Å². The summed E-state index contributed by atoms with van der Waals surface area (Å²) in [6.07, 6.45) is 1.28. The minimum absolute atomic E-state index is 0.140. The van der Waals surface area contributed by atoms with Crippen molar-refractivity contribution < 1.29 is 14.7 Å². The van der Waals surface area contributed by atoms with Crippen LogP contribution in [-0.4, -0.2) is 32.3 Å². The molecule has 1 aromatic heterocycles. The minimum atomic E-state index is -1.09. The van der Waals surface area contributed by atoms with Crippen LogP contribution in [0.15, 0.2) is 6.20 Å². The van der Waals surface area contributed by atoms with E-state index in [0.717, 1.165) is 11.7 Å². The molecular weight excluding hydrogens is 182 g/mol. The predicted octanol–water partition coefficient (Wildman–Crippen LogP) is -0.648. The number of aliphatic carboxylic acids is 1. The van der Waals surface area contributed by atoms with E-state index in [1.807, 2.05) is 0 Å². The number of carboxylic acids is 1. The average Bonchev–Trinajstić information content (AvgIpc) is 2.51. The average molecular weight is 187 g/mol. The Balaban J connectivity index is 2.45. The van der Waals surface area contributed by atoms with Crippen molar-refractivity contribution in [1.82, 2.24) is 14.1 Å². The zero-order valence-corrected chi connectivity index (χ0v) is 6.67. The number of carbonyl (C=O) groups excluding carboxylic acids is 1. The summed E-state index contributed by atoms with van der Waals surface area (Å²) in [6.45, 7) is -0.406. The van der Waals surface area contributed by atoms with Gasteiger partial charge >= 0.3 is 5.97 Å². The Bertz CT molecular complexity index is 284. The molecule has 0 unspecified atom stereocenters. The number of carbonyl (C=O) groups is 2. The first kappa shape index (κ1) is 8.60. The van der Waals surface area contributed by atoms with Crippen molar-refractivity contribution in [2.75, 3.05) is 6.54 Å². The first-order chi connectivity index (χ1) is 5.70. The summed E-state index contributed by atoms with van der Waals surface area (Å²) in [7, 11) is 0. The maximum Gasteiger partial charge on any atom is 0.322 e. The van der Waals surface area contributed by atoms with Crippen LogP contribution < -0.4 is 5.32 Å². The molecule has 0 spiro atoms. The Morgan fingerprint density at radius 2 is 2.42 bits per heavy atom. The van der Waals surface area contributed by atoms with E-state index in [2.05, 4.69) is 14.1 Å². The maximum atomic E-state index is 10.9. The molecule has 0 radical (unpaired) electrons. The summed E-state index contributed by atoms with van der Waals surface area (Å²) in [4.78, 5) is 21.0. The lowest BCUT2D eigenvalue weighted by Gasteiger charge is -1.96. The fraction of sp³-hybridized carbons (Fsp3) is 0.200. The molecule has 2 N–H and O–H groups in total. The van der Waals surface area contributed by atoms with Gasteiger partial charge in [-0.15, -0.1) is 0 Å². The number of carboxylic acid groups (broad SMARTS) is 1. The molecule has 1 amide bonds. The molecule has 0 fully saturated rings. The number of rotatable bonds is 3. The van der Waals surface area contributed by atoms with E-state index in [0.29, 0.717) is 0 Å². The molecule has 1 rings (SSSR count). The summed E-state index contributed by atoms with van der Waals surface area (Å²) < 4.78 is 7.21. The van der Waals surface area contributed by atoms with E-state index in [9.17, 15) is 9.59 Å². The normalized spacial score (nSPS) is 9.33. The van der Waals surface area contributed by atoms with E-state index in [-0.39, 0.29) is 5.69 Å². The van der Waals surface area contributed by atoms with Gasteiger partial charge in [0, 0.05) is 0 Å². The van der Waals surface area contributed by atoms with E-state index in [4.69, 9.17) is 5.11 Å². The van der Waals surface area contributed by atoms with Gasteiger partial charge in [0.05, 0.1) is 17.9 Å². The molecule has 0 aliphatic heterocycles. The highest BCUT2D eigenvalue weighted by Gasteiger charge is 2.08. The highest BCUT2D eigenvalue weighted by molar-refractivity contribution is 6.99. The quantitative estimate of drug-likeness (QED) is 0.656.